The first kappa shape index (κ1) is 18.6. The van der Waals surface area contributed by atoms with Crippen LogP contribution in [0.3, 0.4) is 0 Å². The molecule has 0 aromatic heterocycles. The molecule has 0 radical (unpaired) electrons. The van der Waals surface area contributed by atoms with Crippen molar-refractivity contribution in [2.75, 3.05) is 26.5 Å². The quantitative estimate of drug-likeness (QED) is 0.845. The van der Waals surface area contributed by atoms with Crippen molar-refractivity contribution in [2.24, 2.45) is 0 Å². The van der Waals surface area contributed by atoms with E-state index >= 15 is 0 Å². The van der Waals surface area contributed by atoms with E-state index in [9.17, 15) is 18.0 Å². The first-order valence-corrected chi connectivity index (χ1v) is 8.86. The van der Waals surface area contributed by atoms with Crippen molar-refractivity contribution in [1.29, 1.82) is 0 Å². The molecule has 8 heteroatoms. The molecule has 0 saturated heterocycles. The van der Waals surface area contributed by atoms with Crippen molar-refractivity contribution >= 4 is 27.5 Å². The summed E-state index contributed by atoms with van der Waals surface area (Å²) in [5, 5.41) is 5.16. The van der Waals surface area contributed by atoms with Gasteiger partial charge in [-0.05, 0) is 36.4 Å². The Hall–Kier alpha value is -2.71. The van der Waals surface area contributed by atoms with Crippen LogP contribution >= 0.6 is 0 Å². The number of nitrogens with zero attached hydrogens (tertiary/aromatic N) is 1. The van der Waals surface area contributed by atoms with Gasteiger partial charge in [-0.2, -0.15) is 0 Å². The molecule has 25 heavy (non-hydrogen) atoms. The van der Waals surface area contributed by atoms with Crippen molar-refractivity contribution in [3.8, 4) is 0 Å². The van der Waals surface area contributed by atoms with Crippen molar-refractivity contribution in [1.82, 2.24) is 9.62 Å². The van der Waals surface area contributed by atoms with E-state index < -0.39 is 15.9 Å². The Bertz CT molecular complexity index is 908. The van der Waals surface area contributed by atoms with Crippen molar-refractivity contribution in [3.63, 3.8) is 0 Å². The highest BCUT2D eigenvalue weighted by Gasteiger charge is 2.18. The molecule has 0 saturated carbocycles. The first-order valence-electron chi connectivity index (χ1n) is 7.42. The average Bonchev–Trinajstić information content (AvgIpc) is 2.61. The average molecular weight is 361 g/mol. The zero-order valence-corrected chi connectivity index (χ0v) is 14.9. The van der Waals surface area contributed by atoms with E-state index in [4.69, 9.17) is 0 Å². The van der Waals surface area contributed by atoms with Crippen LogP contribution in [-0.2, 0) is 10.0 Å². The Morgan fingerprint density at radius 1 is 0.920 bits per heavy atom. The summed E-state index contributed by atoms with van der Waals surface area (Å²) in [6, 6.07) is 12.2. The summed E-state index contributed by atoms with van der Waals surface area (Å²) in [4.78, 5) is 24.1. The number of benzene rings is 2. The normalized spacial score (nSPS) is 11.2. The molecule has 7 nitrogen and oxygen atoms in total. The van der Waals surface area contributed by atoms with Gasteiger partial charge in [-0.1, -0.05) is 12.1 Å². The van der Waals surface area contributed by atoms with E-state index in [-0.39, 0.29) is 16.4 Å². The third kappa shape index (κ3) is 4.23. The molecule has 2 rings (SSSR count). The van der Waals surface area contributed by atoms with Gasteiger partial charge in [0, 0.05) is 38.0 Å². The maximum atomic E-state index is 12.4. The highest BCUT2D eigenvalue weighted by molar-refractivity contribution is 7.89. The molecule has 0 bridgehead atoms. The molecule has 2 aromatic rings. The molecule has 0 heterocycles. The molecule has 2 N–H and O–H groups in total. The van der Waals surface area contributed by atoms with Crippen LogP contribution in [0.2, 0.25) is 0 Å². The summed E-state index contributed by atoms with van der Waals surface area (Å²) in [5.41, 5.74) is 1.05. The minimum Gasteiger partial charge on any atom is -0.355 e. The Kier molecular flexibility index (Phi) is 5.55. The molecule has 0 unspecified atom stereocenters. The van der Waals surface area contributed by atoms with Crippen LogP contribution in [0.15, 0.2) is 53.4 Å². The molecule has 2 aromatic carbocycles. The molecule has 0 aliphatic rings. The van der Waals surface area contributed by atoms with Crippen molar-refractivity contribution in [2.45, 2.75) is 4.90 Å². The molecular formula is C17H19N3O4S. The largest absolute Gasteiger partial charge is 0.355 e. The number of amides is 2. The van der Waals surface area contributed by atoms with Crippen LogP contribution in [0.25, 0.3) is 0 Å². The van der Waals surface area contributed by atoms with E-state index in [1.807, 2.05) is 0 Å². The number of carbonyl (C=O) groups is 2. The van der Waals surface area contributed by atoms with Crippen molar-refractivity contribution in [3.05, 3.63) is 59.7 Å². The van der Waals surface area contributed by atoms with E-state index in [0.29, 0.717) is 11.3 Å². The SMILES string of the molecule is CNC(=O)c1cccc(NC(=O)c2cccc(S(=O)(=O)N(C)C)c2)c1. The number of hydrogen-bond donors (Lipinski definition) is 2. The summed E-state index contributed by atoms with van der Waals surface area (Å²) in [6.07, 6.45) is 0. The second kappa shape index (κ2) is 7.45. The van der Waals surface area contributed by atoms with Gasteiger partial charge in [0.1, 0.15) is 0 Å². The summed E-state index contributed by atoms with van der Waals surface area (Å²) >= 11 is 0. The van der Waals surface area contributed by atoms with Crippen LogP contribution in [0.5, 0.6) is 0 Å². The van der Waals surface area contributed by atoms with Gasteiger partial charge in [0.05, 0.1) is 4.90 Å². The molecule has 0 aliphatic heterocycles. The van der Waals surface area contributed by atoms with Crippen LogP contribution in [0, 0.1) is 0 Å². The molecule has 0 atom stereocenters. The highest BCUT2D eigenvalue weighted by Crippen LogP contribution is 2.17. The minimum atomic E-state index is -3.63. The van der Waals surface area contributed by atoms with E-state index in [2.05, 4.69) is 10.6 Å². The topological polar surface area (TPSA) is 95.6 Å². The predicted octanol–water partition coefficient (Wildman–Crippen LogP) is 1.55. The number of sulfonamides is 1. The van der Waals surface area contributed by atoms with E-state index in [1.54, 1.807) is 18.2 Å². The highest BCUT2D eigenvalue weighted by atomic mass is 32.2. The fourth-order valence-electron chi connectivity index (χ4n) is 2.09. The second-order valence-electron chi connectivity index (χ2n) is 5.43. The lowest BCUT2D eigenvalue weighted by Crippen LogP contribution is -2.23. The zero-order chi connectivity index (χ0) is 18.6. The number of rotatable bonds is 5. The summed E-state index contributed by atoms with van der Waals surface area (Å²) in [5.74, 6) is -0.736. The van der Waals surface area contributed by atoms with E-state index in [0.717, 1.165) is 4.31 Å². The Morgan fingerprint density at radius 3 is 2.12 bits per heavy atom. The number of anilines is 1. The number of hydrogen-bond acceptors (Lipinski definition) is 4. The molecule has 0 aliphatic carbocycles. The lowest BCUT2D eigenvalue weighted by atomic mass is 10.1. The van der Waals surface area contributed by atoms with Gasteiger partial charge in [-0.15, -0.1) is 0 Å². The number of nitrogens with one attached hydrogen (secondary N) is 2. The summed E-state index contributed by atoms with van der Waals surface area (Å²) in [7, 11) is 0.737. The molecule has 0 fully saturated rings. The Labute approximate surface area is 146 Å². The van der Waals surface area contributed by atoms with Gasteiger partial charge in [-0.3, -0.25) is 9.59 Å². The van der Waals surface area contributed by atoms with Gasteiger partial charge in [0.2, 0.25) is 10.0 Å². The van der Waals surface area contributed by atoms with Crippen molar-refractivity contribution < 1.29 is 18.0 Å². The Balaban J connectivity index is 2.27. The van der Waals surface area contributed by atoms with Crippen LogP contribution in [0.1, 0.15) is 20.7 Å². The molecule has 2 amide bonds. The van der Waals surface area contributed by atoms with Crippen LogP contribution in [0.4, 0.5) is 5.69 Å². The van der Waals surface area contributed by atoms with Gasteiger partial charge in [-0.25, -0.2) is 12.7 Å². The maximum Gasteiger partial charge on any atom is 0.255 e. The molecule has 132 valence electrons. The van der Waals surface area contributed by atoms with Crippen LogP contribution in [-0.4, -0.2) is 45.7 Å². The predicted molar refractivity (Wildman–Crippen MR) is 95.1 cm³/mol. The summed E-state index contributed by atoms with van der Waals surface area (Å²) < 4.78 is 25.4. The fraction of sp³-hybridized carbons (Fsp3) is 0.176. The lowest BCUT2D eigenvalue weighted by molar-refractivity contribution is 0.0961. The fourth-order valence-corrected chi connectivity index (χ4v) is 3.04. The molecular weight excluding hydrogens is 342 g/mol. The minimum absolute atomic E-state index is 0.0317. The van der Waals surface area contributed by atoms with E-state index in [1.165, 1.54) is 51.5 Å². The standard InChI is InChI=1S/C17H19N3O4S/c1-18-16(21)12-6-4-8-14(10-12)19-17(22)13-7-5-9-15(11-13)25(23,24)20(2)3/h4-11H,1-3H3,(H,18,21)(H,19,22). The number of carbonyl (C=O) groups excluding carboxylic acids is 2. The van der Waals surface area contributed by atoms with Gasteiger partial charge < -0.3 is 10.6 Å². The van der Waals surface area contributed by atoms with Gasteiger partial charge >= 0.3 is 0 Å². The first-order chi connectivity index (χ1) is 11.8. The smallest absolute Gasteiger partial charge is 0.255 e. The van der Waals surface area contributed by atoms with Crippen LogP contribution < -0.4 is 10.6 Å². The monoisotopic (exact) mass is 361 g/mol. The second-order valence-corrected chi connectivity index (χ2v) is 7.58. The third-order valence-electron chi connectivity index (χ3n) is 3.48. The third-order valence-corrected chi connectivity index (χ3v) is 5.30. The van der Waals surface area contributed by atoms with Gasteiger partial charge in [0.15, 0.2) is 0 Å². The molecule has 0 spiro atoms. The van der Waals surface area contributed by atoms with Gasteiger partial charge in [0.25, 0.3) is 11.8 Å². The zero-order valence-electron chi connectivity index (χ0n) is 14.1. The maximum absolute atomic E-state index is 12.4. The summed E-state index contributed by atoms with van der Waals surface area (Å²) in [6.45, 7) is 0. The Morgan fingerprint density at radius 2 is 1.52 bits per heavy atom. The lowest BCUT2D eigenvalue weighted by Gasteiger charge is -2.12.